The van der Waals surface area contributed by atoms with Crippen molar-refractivity contribution in [2.45, 2.75) is 44.6 Å². The molecule has 1 aliphatic heterocycles. The van der Waals surface area contributed by atoms with Gasteiger partial charge in [0, 0.05) is 6.54 Å². The van der Waals surface area contributed by atoms with Crippen molar-refractivity contribution in [1.82, 2.24) is 25.6 Å². The van der Waals surface area contributed by atoms with Crippen LogP contribution in [0.15, 0.2) is 6.20 Å². The lowest BCUT2D eigenvalue weighted by molar-refractivity contribution is 0.0947. The lowest BCUT2D eigenvalue weighted by atomic mass is 10.1. The zero-order valence-electron chi connectivity index (χ0n) is 11.8. The number of carbonyl (C=O) groups is 1. The highest BCUT2D eigenvalue weighted by Gasteiger charge is 2.21. The number of nitrogens with zero attached hydrogens (tertiary/aromatic N) is 3. The molecule has 20 heavy (non-hydrogen) atoms. The molecule has 6 heteroatoms. The number of piperidine rings is 1. The zero-order valence-corrected chi connectivity index (χ0v) is 11.8. The minimum absolute atomic E-state index is 0.0963. The summed E-state index contributed by atoms with van der Waals surface area (Å²) in [5.41, 5.74) is 0.440. The first kappa shape index (κ1) is 13.5. The topological polar surface area (TPSA) is 71.8 Å². The smallest absolute Gasteiger partial charge is 0.273 e. The third-order valence-corrected chi connectivity index (χ3v) is 4.20. The van der Waals surface area contributed by atoms with Gasteiger partial charge >= 0.3 is 0 Å². The van der Waals surface area contributed by atoms with Gasteiger partial charge in [-0.2, -0.15) is 0 Å². The highest BCUT2D eigenvalue weighted by atomic mass is 16.2. The van der Waals surface area contributed by atoms with Crippen LogP contribution in [-0.4, -0.2) is 40.5 Å². The van der Waals surface area contributed by atoms with E-state index in [1.165, 1.54) is 19.3 Å². The van der Waals surface area contributed by atoms with E-state index in [2.05, 4.69) is 20.9 Å². The van der Waals surface area contributed by atoms with Crippen LogP contribution in [-0.2, 0) is 0 Å². The summed E-state index contributed by atoms with van der Waals surface area (Å²) in [5, 5.41) is 14.4. The predicted molar refractivity (Wildman–Crippen MR) is 75.5 cm³/mol. The average Bonchev–Trinajstić information content (AvgIpc) is 3.18. The molecule has 3 rings (SSSR count). The van der Waals surface area contributed by atoms with Gasteiger partial charge in [-0.1, -0.05) is 18.1 Å². The first-order valence-corrected chi connectivity index (χ1v) is 7.73. The number of amides is 1. The normalized spacial score (nSPS) is 20.0. The molecule has 0 radical (unpaired) electrons. The van der Waals surface area contributed by atoms with Crippen molar-refractivity contribution >= 4 is 5.91 Å². The van der Waals surface area contributed by atoms with E-state index in [4.69, 9.17) is 0 Å². The largest absolute Gasteiger partial charge is 0.351 e. The number of aromatic nitrogens is 3. The van der Waals surface area contributed by atoms with Gasteiger partial charge in [0.2, 0.25) is 0 Å². The molecule has 1 aliphatic carbocycles. The number of hydrogen-bond acceptors (Lipinski definition) is 4. The maximum Gasteiger partial charge on any atom is 0.273 e. The zero-order chi connectivity index (χ0) is 13.8. The fourth-order valence-electron chi connectivity index (χ4n) is 2.72. The van der Waals surface area contributed by atoms with Crippen LogP contribution in [0.3, 0.4) is 0 Å². The molecule has 1 aromatic rings. The second-order valence-electron chi connectivity index (χ2n) is 5.91. The van der Waals surface area contributed by atoms with Crippen molar-refractivity contribution in [2.75, 3.05) is 19.6 Å². The van der Waals surface area contributed by atoms with Crippen molar-refractivity contribution in [1.29, 1.82) is 0 Å². The summed E-state index contributed by atoms with van der Waals surface area (Å²) in [6.07, 6.45) is 8.93. The summed E-state index contributed by atoms with van der Waals surface area (Å²) in [7, 11) is 0. The SMILES string of the molecule is O=C(NCCCC1CC1)c1cn(C2CCNCC2)nn1. The van der Waals surface area contributed by atoms with Crippen molar-refractivity contribution in [3.05, 3.63) is 11.9 Å². The minimum Gasteiger partial charge on any atom is -0.351 e. The van der Waals surface area contributed by atoms with E-state index in [-0.39, 0.29) is 5.91 Å². The highest BCUT2D eigenvalue weighted by Crippen LogP contribution is 2.33. The van der Waals surface area contributed by atoms with Crippen LogP contribution in [0, 0.1) is 5.92 Å². The van der Waals surface area contributed by atoms with Crippen molar-refractivity contribution in [3.8, 4) is 0 Å². The molecule has 110 valence electrons. The quantitative estimate of drug-likeness (QED) is 0.764. The molecule has 0 atom stereocenters. The van der Waals surface area contributed by atoms with Crippen molar-refractivity contribution in [3.63, 3.8) is 0 Å². The standard InChI is InChI=1S/C14H23N5O/c20-14(16-7-1-2-11-3-4-11)13-10-19(18-17-13)12-5-8-15-9-6-12/h10-12,15H,1-9H2,(H,16,20). The lowest BCUT2D eigenvalue weighted by Crippen LogP contribution is -2.29. The lowest BCUT2D eigenvalue weighted by Gasteiger charge is -2.22. The predicted octanol–water partition coefficient (Wildman–Crippen LogP) is 1.12. The van der Waals surface area contributed by atoms with Crippen molar-refractivity contribution < 1.29 is 4.79 Å². The van der Waals surface area contributed by atoms with E-state index in [1.54, 1.807) is 6.20 Å². The van der Waals surface area contributed by atoms with Gasteiger partial charge < -0.3 is 10.6 Å². The van der Waals surface area contributed by atoms with Crippen LogP contribution in [0.1, 0.15) is 55.1 Å². The summed E-state index contributed by atoms with van der Waals surface area (Å²) in [6, 6.07) is 0.375. The summed E-state index contributed by atoms with van der Waals surface area (Å²) in [6.45, 7) is 2.76. The molecule has 6 nitrogen and oxygen atoms in total. The van der Waals surface area contributed by atoms with Crippen LogP contribution < -0.4 is 10.6 Å². The molecule has 1 amide bonds. The van der Waals surface area contributed by atoms with Gasteiger partial charge in [-0.25, -0.2) is 4.68 Å². The Kier molecular flexibility index (Phi) is 4.30. The Bertz CT molecular complexity index is 448. The maximum atomic E-state index is 12.0. The van der Waals surface area contributed by atoms with E-state index in [0.717, 1.165) is 44.8 Å². The van der Waals surface area contributed by atoms with Gasteiger partial charge in [0.15, 0.2) is 5.69 Å². The summed E-state index contributed by atoms with van der Waals surface area (Å²) >= 11 is 0. The molecular weight excluding hydrogens is 254 g/mol. The Morgan fingerprint density at radius 1 is 1.35 bits per heavy atom. The number of carbonyl (C=O) groups excluding carboxylic acids is 1. The first-order chi connectivity index (χ1) is 9.83. The Hall–Kier alpha value is -1.43. The average molecular weight is 277 g/mol. The molecule has 2 fully saturated rings. The number of rotatable bonds is 6. The second-order valence-corrected chi connectivity index (χ2v) is 5.91. The molecule has 1 saturated carbocycles. The highest BCUT2D eigenvalue weighted by molar-refractivity contribution is 5.91. The van der Waals surface area contributed by atoms with E-state index < -0.39 is 0 Å². The van der Waals surface area contributed by atoms with Gasteiger partial charge in [0.25, 0.3) is 5.91 Å². The van der Waals surface area contributed by atoms with Crippen LogP contribution in [0.4, 0.5) is 0 Å². The molecule has 0 bridgehead atoms. The van der Waals surface area contributed by atoms with Crippen molar-refractivity contribution in [2.24, 2.45) is 5.92 Å². The molecule has 2 aliphatic rings. The third kappa shape index (κ3) is 3.56. The molecule has 2 heterocycles. The molecule has 0 spiro atoms. The molecule has 0 unspecified atom stereocenters. The third-order valence-electron chi connectivity index (χ3n) is 4.20. The Morgan fingerprint density at radius 3 is 2.90 bits per heavy atom. The monoisotopic (exact) mass is 277 g/mol. The fourth-order valence-corrected chi connectivity index (χ4v) is 2.72. The minimum atomic E-state index is -0.0963. The summed E-state index contributed by atoms with van der Waals surface area (Å²) in [5.74, 6) is 0.827. The number of hydrogen-bond donors (Lipinski definition) is 2. The van der Waals surface area contributed by atoms with Gasteiger partial charge in [-0.05, 0) is 44.7 Å². The van der Waals surface area contributed by atoms with Crippen LogP contribution in [0.25, 0.3) is 0 Å². The van der Waals surface area contributed by atoms with E-state index in [1.807, 2.05) is 4.68 Å². The Labute approximate surface area is 119 Å². The fraction of sp³-hybridized carbons (Fsp3) is 0.786. The van der Waals surface area contributed by atoms with Gasteiger partial charge in [0.05, 0.1) is 12.2 Å². The van der Waals surface area contributed by atoms with Crippen LogP contribution in [0.5, 0.6) is 0 Å². The molecule has 2 N–H and O–H groups in total. The Morgan fingerprint density at radius 2 is 2.15 bits per heavy atom. The molecule has 0 aromatic carbocycles. The van der Waals surface area contributed by atoms with E-state index in [9.17, 15) is 4.79 Å². The van der Waals surface area contributed by atoms with Gasteiger partial charge in [0.1, 0.15) is 0 Å². The Balaban J connectivity index is 1.45. The van der Waals surface area contributed by atoms with Crippen LogP contribution >= 0.6 is 0 Å². The summed E-state index contributed by atoms with van der Waals surface area (Å²) in [4.78, 5) is 12.0. The van der Waals surface area contributed by atoms with Crippen LogP contribution in [0.2, 0.25) is 0 Å². The van der Waals surface area contributed by atoms with E-state index in [0.29, 0.717) is 11.7 Å². The molecule has 1 aromatic heterocycles. The van der Waals surface area contributed by atoms with Gasteiger partial charge in [-0.3, -0.25) is 4.79 Å². The first-order valence-electron chi connectivity index (χ1n) is 7.73. The molecular formula is C14H23N5O. The summed E-state index contributed by atoms with van der Waals surface area (Å²) < 4.78 is 1.85. The second kappa shape index (κ2) is 6.35. The molecule has 1 saturated heterocycles. The van der Waals surface area contributed by atoms with E-state index >= 15 is 0 Å². The van der Waals surface area contributed by atoms with Gasteiger partial charge in [-0.15, -0.1) is 5.10 Å². The maximum absolute atomic E-state index is 12.0. The number of nitrogens with one attached hydrogen (secondary N) is 2.